The first-order chi connectivity index (χ1) is 17.7. The molecule has 0 saturated carbocycles. The van der Waals surface area contributed by atoms with Crippen LogP contribution in [-0.2, 0) is 22.7 Å². The third-order valence-electron chi connectivity index (χ3n) is 5.79. The van der Waals surface area contributed by atoms with E-state index in [-0.39, 0.29) is 35.3 Å². The molecule has 0 aliphatic heterocycles. The lowest BCUT2D eigenvalue weighted by atomic mass is 10.1. The summed E-state index contributed by atoms with van der Waals surface area (Å²) in [6.45, 7) is 2.42. The first kappa shape index (κ1) is 30.4. The van der Waals surface area contributed by atoms with E-state index in [0.29, 0.717) is 32.3 Å². The Balaban J connectivity index is 0.00000400. The Bertz CT molecular complexity index is 1400. The summed E-state index contributed by atoms with van der Waals surface area (Å²) in [6, 6.07) is 15.6. The van der Waals surface area contributed by atoms with Crippen molar-refractivity contribution in [2.24, 2.45) is 0 Å². The minimum atomic E-state index is -0.516. The quantitative estimate of drug-likeness (QED) is 0.265. The van der Waals surface area contributed by atoms with E-state index in [1.807, 2.05) is 29.2 Å². The number of nitrogens with one attached hydrogen (secondary N) is 1. The number of anilines is 1. The van der Waals surface area contributed by atoms with Crippen molar-refractivity contribution in [2.45, 2.75) is 32.2 Å². The van der Waals surface area contributed by atoms with Crippen LogP contribution in [0.4, 0.5) is 10.1 Å². The van der Waals surface area contributed by atoms with Crippen molar-refractivity contribution < 1.29 is 35.5 Å². The number of carbonyl (C=O) groups is 1. The van der Waals surface area contributed by atoms with E-state index < -0.39 is 12.1 Å². The summed E-state index contributed by atoms with van der Waals surface area (Å²) in [7, 11) is 0. The summed E-state index contributed by atoms with van der Waals surface area (Å²) in [6.07, 6.45) is 5.01. The number of halogens is 6. The van der Waals surface area contributed by atoms with Crippen LogP contribution < -0.4 is 26.9 Å². The van der Waals surface area contributed by atoms with Crippen LogP contribution >= 0.6 is 46.4 Å². The molecular weight excluding hydrogens is 639 g/mol. The second-order valence-electron chi connectivity index (χ2n) is 8.43. The maximum absolute atomic E-state index is 13.2. The van der Waals surface area contributed by atoms with Gasteiger partial charge >= 0.3 is 0 Å². The van der Waals surface area contributed by atoms with Crippen LogP contribution in [-0.4, -0.2) is 10.5 Å². The molecule has 0 spiro atoms. The molecule has 0 aliphatic carbocycles. The highest BCUT2D eigenvalue weighted by molar-refractivity contribution is 6.35. The minimum absolute atomic E-state index is 0. The standard InChI is InChI=1S/C27H22Cl4FN3O2.BrH/c1-17(27(36)33-22-7-5-21(32)6-8-22)35-11-10-34(16-35)14-26(23-9-4-20(29)13-25(23)31)37-15-18-2-3-19(28)12-24(18)30;/h2-13,16-17,26H,14-15H2,1H3;1H. The van der Waals surface area contributed by atoms with Crippen molar-refractivity contribution in [1.29, 1.82) is 0 Å². The molecule has 200 valence electrons. The molecule has 0 aliphatic rings. The number of ether oxygens (including phenoxy) is 1. The van der Waals surface area contributed by atoms with Crippen LogP contribution in [0.5, 0.6) is 0 Å². The second-order valence-corrected chi connectivity index (χ2v) is 10.1. The highest BCUT2D eigenvalue weighted by atomic mass is 79.9. The fourth-order valence-electron chi connectivity index (χ4n) is 3.69. The molecule has 1 aromatic heterocycles. The molecule has 3 aromatic carbocycles. The van der Waals surface area contributed by atoms with Crippen molar-refractivity contribution in [3.8, 4) is 0 Å². The monoisotopic (exact) mass is 659 g/mol. The maximum atomic E-state index is 13.2. The Hall–Kier alpha value is -2.13. The average Bonchev–Trinajstić information content (AvgIpc) is 3.32. The largest absolute Gasteiger partial charge is 1.00 e. The third kappa shape index (κ3) is 7.94. The zero-order chi connectivity index (χ0) is 26.5. The molecule has 2 atom stereocenters. The van der Waals surface area contributed by atoms with Crippen molar-refractivity contribution in [3.63, 3.8) is 0 Å². The molecule has 2 unspecified atom stereocenters. The van der Waals surface area contributed by atoms with Gasteiger partial charge in [-0.3, -0.25) is 4.79 Å². The molecule has 1 heterocycles. The molecule has 0 fully saturated rings. The number of hydrogen-bond acceptors (Lipinski definition) is 2. The van der Waals surface area contributed by atoms with E-state index in [1.165, 1.54) is 24.3 Å². The van der Waals surface area contributed by atoms with E-state index in [0.717, 1.165) is 11.1 Å². The molecule has 1 amide bonds. The molecule has 4 aromatic rings. The fraction of sp³-hybridized carbons (Fsp3) is 0.185. The Morgan fingerprint density at radius 1 is 1.00 bits per heavy atom. The van der Waals surface area contributed by atoms with Gasteiger partial charge in [0.25, 0.3) is 5.91 Å². The average molecular weight is 662 g/mol. The predicted octanol–water partition coefficient (Wildman–Crippen LogP) is 4.69. The number of nitrogens with zero attached hydrogens (tertiary/aromatic N) is 2. The number of hydrogen-bond donors (Lipinski definition) is 1. The summed E-state index contributed by atoms with van der Waals surface area (Å²) in [5.74, 6) is -0.603. The fourth-order valence-corrected chi connectivity index (χ4v) is 4.68. The Labute approximate surface area is 250 Å². The number of benzene rings is 3. The van der Waals surface area contributed by atoms with Gasteiger partial charge in [-0.2, -0.15) is 0 Å². The summed E-state index contributed by atoms with van der Waals surface area (Å²) < 4.78 is 23.1. The molecule has 1 N–H and O–H groups in total. The molecule has 4 rings (SSSR count). The molecule has 38 heavy (non-hydrogen) atoms. The highest BCUT2D eigenvalue weighted by Crippen LogP contribution is 2.31. The van der Waals surface area contributed by atoms with Gasteiger partial charge in [0.2, 0.25) is 6.33 Å². The molecular formula is C27H23BrCl4FN3O2. The number of aromatic nitrogens is 2. The zero-order valence-electron chi connectivity index (χ0n) is 20.1. The Kier molecular flexibility index (Phi) is 11.0. The Morgan fingerprint density at radius 2 is 1.66 bits per heavy atom. The predicted molar refractivity (Wildman–Crippen MR) is 145 cm³/mol. The van der Waals surface area contributed by atoms with Crippen LogP contribution in [0.1, 0.15) is 30.2 Å². The normalized spacial score (nSPS) is 12.5. The van der Waals surface area contributed by atoms with E-state index in [2.05, 4.69) is 5.32 Å². The van der Waals surface area contributed by atoms with Gasteiger partial charge in [0.05, 0.1) is 6.61 Å². The van der Waals surface area contributed by atoms with E-state index in [4.69, 9.17) is 51.1 Å². The summed E-state index contributed by atoms with van der Waals surface area (Å²) in [5, 5.41) is 4.84. The van der Waals surface area contributed by atoms with E-state index >= 15 is 0 Å². The van der Waals surface area contributed by atoms with Crippen LogP contribution in [0, 0.1) is 5.82 Å². The van der Waals surface area contributed by atoms with Gasteiger partial charge < -0.3 is 27.0 Å². The second kappa shape index (κ2) is 13.8. The van der Waals surface area contributed by atoms with Crippen molar-refractivity contribution >= 4 is 58.0 Å². The van der Waals surface area contributed by atoms with Crippen LogP contribution in [0.25, 0.3) is 0 Å². The minimum Gasteiger partial charge on any atom is -1.00 e. The van der Waals surface area contributed by atoms with Crippen molar-refractivity contribution in [1.82, 2.24) is 4.57 Å². The zero-order valence-corrected chi connectivity index (χ0v) is 24.7. The smallest absolute Gasteiger partial charge is 0.269 e. The molecule has 0 radical (unpaired) electrons. The lowest BCUT2D eigenvalue weighted by Gasteiger charge is -2.19. The van der Waals surface area contributed by atoms with Crippen molar-refractivity contribution in [2.75, 3.05) is 5.32 Å². The number of rotatable bonds is 9. The number of amides is 1. The molecule has 0 bridgehead atoms. The van der Waals surface area contributed by atoms with Gasteiger partial charge in [-0.15, -0.1) is 0 Å². The first-order valence-electron chi connectivity index (χ1n) is 11.3. The van der Waals surface area contributed by atoms with Crippen molar-refractivity contribution in [3.05, 3.63) is 116 Å². The van der Waals surface area contributed by atoms with Crippen LogP contribution in [0.15, 0.2) is 79.4 Å². The summed E-state index contributed by atoms with van der Waals surface area (Å²) >= 11 is 25.0. The molecule has 0 saturated heterocycles. The van der Waals surface area contributed by atoms with Crippen LogP contribution in [0.3, 0.4) is 0 Å². The lowest BCUT2D eigenvalue weighted by molar-refractivity contribution is -0.705. The topological polar surface area (TPSA) is 47.1 Å². The lowest BCUT2D eigenvalue weighted by Crippen LogP contribution is -3.00. The van der Waals surface area contributed by atoms with Crippen LogP contribution in [0.2, 0.25) is 20.1 Å². The maximum Gasteiger partial charge on any atom is 0.269 e. The SMILES string of the molecule is CC(C(=O)Nc1ccc(F)cc1)n1cc[n+](CC(OCc2ccc(Cl)cc2Cl)c2ccc(Cl)cc2Cl)c1.[Br-]. The molecule has 5 nitrogen and oxygen atoms in total. The Morgan fingerprint density at radius 3 is 2.32 bits per heavy atom. The number of imidazole rings is 1. The molecule has 11 heteroatoms. The van der Waals surface area contributed by atoms with Gasteiger partial charge in [0.15, 0.2) is 6.04 Å². The number of carbonyl (C=O) groups excluding carboxylic acids is 1. The highest BCUT2D eigenvalue weighted by Gasteiger charge is 2.24. The van der Waals surface area contributed by atoms with Gasteiger partial charge in [-0.1, -0.05) is 58.5 Å². The van der Waals surface area contributed by atoms with Gasteiger partial charge in [0.1, 0.15) is 30.9 Å². The van der Waals surface area contributed by atoms with E-state index in [1.54, 1.807) is 42.0 Å². The summed E-state index contributed by atoms with van der Waals surface area (Å²) in [4.78, 5) is 12.7. The van der Waals surface area contributed by atoms with Gasteiger partial charge in [0, 0.05) is 31.3 Å². The third-order valence-corrected chi connectivity index (χ3v) is 6.94. The summed E-state index contributed by atoms with van der Waals surface area (Å²) in [5.41, 5.74) is 2.07. The van der Waals surface area contributed by atoms with Gasteiger partial charge in [-0.25, -0.2) is 13.5 Å². The van der Waals surface area contributed by atoms with E-state index in [9.17, 15) is 9.18 Å². The first-order valence-corrected chi connectivity index (χ1v) is 12.8. The van der Waals surface area contributed by atoms with Gasteiger partial charge in [-0.05, 0) is 61.0 Å².